The summed E-state index contributed by atoms with van der Waals surface area (Å²) >= 11 is 0.984. The molecule has 0 N–H and O–H groups in total. The summed E-state index contributed by atoms with van der Waals surface area (Å²) in [5.74, 6) is 0.559. The number of benzene rings is 2. The molecule has 5 heteroatoms. The summed E-state index contributed by atoms with van der Waals surface area (Å²) < 4.78 is 5.55. The molecule has 1 heterocycles. The fourth-order valence-corrected chi connectivity index (χ4v) is 3.38. The van der Waals surface area contributed by atoms with Crippen LogP contribution >= 0.6 is 11.8 Å². The molecule has 1 fully saturated rings. The number of nitrogens with zero attached hydrogens (tertiary/aromatic N) is 1. The van der Waals surface area contributed by atoms with Crippen molar-refractivity contribution in [2.45, 2.75) is 26.8 Å². The quantitative estimate of drug-likeness (QED) is 0.673. The number of aryl methyl sites for hydroxylation is 1. The monoisotopic (exact) mass is 367 g/mol. The lowest BCUT2D eigenvalue weighted by Crippen LogP contribution is -2.27. The zero-order chi connectivity index (χ0) is 18.5. The second kappa shape index (κ2) is 8.23. The van der Waals surface area contributed by atoms with Crippen LogP contribution in [0.5, 0.6) is 5.75 Å². The third-order valence-corrected chi connectivity index (χ3v) is 4.89. The molecule has 2 aromatic rings. The molecule has 3 rings (SSSR count). The van der Waals surface area contributed by atoms with Crippen LogP contribution < -0.4 is 4.74 Å². The van der Waals surface area contributed by atoms with E-state index < -0.39 is 0 Å². The zero-order valence-electron chi connectivity index (χ0n) is 14.9. The van der Waals surface area contributed by atoms with Crippen molar-refractivity contribution in [1.82, 2.24) is 4.90 Å². The highest BCUT2D eigenvalue weighted by atomic mass is 32.2. The highest BCUT2D eigenvalue weighted by Crippen LogP contribution is 2.33. The summed E-state index contributed by atoms with van der Waals surface area (Å²) in [6.07, 6.45) is 2.71. The molecule has 0 aliphatic carbocycles. The number of thioether (sulfide) groups is 1. The van der Waals surface area contributed by atoms with Gasteiger partial charge in [-0.25, -0.2) is 0 Å². The Kier molecular flexibility index (Phi) is 5.78. The molecule has 0 atom stereocenters. The first-order valence-corrected chi connectivity index (χ1v) is 9.42. The predicted molar refractivity (Wildman–Crippen MR) is 105 cm³/mol. The largest absolute Gasteiger partial charge is 0.494 e. The average molecular weight is 367 g/mol. The first-order valence-electron chi connectivity index (χ1n) is 8.60. The van der Waals surface area contributed by atoms with Gasteiger partial charge in [-0.1, -0.05) is 48.9 Å². The van der Waals surface area contributed by atoms with Crippen LogP contribution in [-0.2, 0) is 11.3 Å². The van der Waals surface area contributed by atoms with Crippen LogP contribution in [0, 0.1) is 6.92 Å². The molecular weight excluding hydrogens is 346 g/mol. The fraction of sp³-hybridized carbons (Fsp3) is 0.238. The molecule has 0 aromatic heterocycles. The molecule has 2 amide bonds. The smallest absolute Gasteiger partial charge is 0.293 e. The van der Waals surface area contributed by atoms with Gasteiger partial charge in [0.2, 0.25) is 0 Å². The average Bonchev–Trinajstić information content (AvgIpc) is 2.90. The topological polar surface area (TPSA) is 46.6 Å². The lowest BCUT2D eigenvalue weighted by atomic mass is 10.1. The van der Waals surface area contributed by atoms with Gasteiger partial charge >= 0.3 is 0 Å². The van der Waals surface area contributed by atoms with Gasteiger partial charge in [0, 0.05) is 0 Å². The first-order chi connectivity index (χ1) is 12.6. The SMILES string of the molecule is CCCOc1ccc(/C=C2\SC(=O)N(Cc3ccc(C)cc3)C2=O)cc1. The molecular formula is C21H21NO3S. The molecule has 0 unspecified atom stereocenters. The standard InChI is InChI=1S/C21H21NO3S/c1-3-12-25-18-10-8-16(9-11-18)13-19-20(23)22(21(24)26-19)14-17-6-4-15(2)5-7-17/h4-11,13H,3,12,14H2,1-2H3/b19-13-. The van der Waals surface area contributed by atoms with Gasteiger partial charge in [-0.3, -0.25) is 14.5 Å². The number of hydrogen-bond acceptors (Lipinski definition) is 4. The Labute approximate surface area is 157 Å². The van der Waals surface area contributed by atoms with E-state index in [9.17, 15) is 9.59 Å². The minimum Gasteiger partial charge on any atom is -0.494 e. The van der Waals surface area contributed by atoms with Crippen molar-refractivity contribution in [1.29, 1.82) is 0 Å². The molecule has 0 radical (unpaired) electrons. The molecule has 1 saturated heterocycles. The highest BCUT2D eigenvalue weighted by Gasteiger charge is 2.34. The van der Waals surface area contributed by atoms with E-state index in [1.54, 1.807) is 6.08 Å². The van der Waals surface area contributed by atoms with E-state index in [1.807, 2.05) is 55.5 Å². The van der Waals surface area contributed by atoms with Gasteiger partial charge in [-0.05, 0) is 54.4 Å². The van der Waals surface area contributed by atoms with Crippen molar-refractivity contribution in [3.8, 4) is 5.75 Å². The Bertz CT molecular complexity index is 825. The number of imide groups is 1. The maximum atomic E-state index is 12.6. The van der Waals surface area contributed by atoms with Gasteiger partial charge in [0.15, 0.2) is 0 Å². The summed E-state index contributed by atoms with van der Waals surface area (Å²) in [6, 6.07) is 15.4. The van der Waals surface area contributed by atoms with E-state index in [1.165, 1.54) is 4.90 Å². The van der Waals surface area contributed by atoms with E-state index in [0.29, 0.717) is 18.1 Å². The molecule has 4 nitrogen and oxygen atoms in total. The van der Waals surface area contributed by atoms with Crippen LogP contribution in [0.2, 0.25) is 0 Å². The molecule has 1 aliphatic heterocycles. The van der Waals surface area contributed by atoms with Crippen LogP contribution in [0.15, 0.2) is 53.4 Å². The van der Waals surface area contributed by atoms with E-state index in [2.05, 4.69) is 6.92 Å². The van der Waals surface area contributed by atoms with Gasteiger partial charge < -0.3 is 4.74 Å². The maximum Gasteiger partial charge on any atom is 0.293 e. The Morgan fingerprint density at radius 1 is 1.04 bits per heavy atom. The van der Waals surface area contributed by atoms with E-state index in [0.717, 1.165) is 40.6 Å². The molecule has 0 bridgehead atoms. The second-order valence-corrected chi connectivity index (χ2v) is 7.16. The van der Waals surface area contributed by atoms with Crippen molar-refractivity contribution < 1.29 is 14.3 Å². The van der Waals surface area contributed by atoms with Gasteiger partial charge in [0.05, 0.1) is 18.1 Å². The lowest BCUT2D eigenvalue weighted by molar-refractivity contribution is -0.123. The third-order valence-electron chi connectivity index (χ3n) is 3.99. The van der Waals surface area contributed by atoms with Crippen LogP contribution in [0.25, 0.3) is 6.08 Å². The molecule has 0 saturated carbocycles. The van der Waals surface area contributed by atoms with Crippen LogP contribution in [0.1, 0.15) is 30.0 Å². The Hall–Kier alpha value is -2.53. The third kappa shape index (κ3) is 4.35. The first kappa shape index (κ1) is 18.3. The zero-order valence-corrected chi connectivity index (χ0v) is 15.7. The van der Waals surface area contributed by atoms with Gasteiger partial charge in [-0.2, -0.15) is 0 Å². The Morgan fingerprint density at radius 3 is 2.38 bits per heavy atom. The molecule has 0 spiro atoms. The summed E-state index contributed by atoms with van der Waals surface area (Å²) in [4.78, 5) is 26.6. The molecule has 134 valence electrons. The van der Waals surface area contributed by atoms with Crippen molar-refractivity contribution >= 4 is 29.0 Å². The fourth-order valence-electron chi connectivity index (χ4n) is 2.54. The van der Waals surface area contributed by atoms with Crippen molar-refractivity contribution in [3.63, 3.8) is 0 Å². The number of rotatable bonds is 6. The molecule has 1 aliphatic rings. The van der Waals surface area contributed by atoms with Crippen LogP contribution in [0.4, 0.5) is 4.79 Å². The summed E-state index contributed by atoms with van der Waals surface area (Å²) in [5.41, 5.74) is 2.96. The van der Waals surface area contributed by atoms with Crippen LogP contribution in [0.3, 0.4) is 0 Å². The highest BCUT2D eigenvalue weighted by molar-refractivity contribution is 8.18. The van der Waals surface area contributed by atoms with Gasteiger partial charge in [-0.15, -0.1) is 0 Å². The van der Waals surface area contributed by atoms with Gasteiger partial charge in [0.1, 0.15) is 5.75 Å². The van der Waals surface area contributed by atoms with Crippen molar-refractivity contribution in [2.24, 2.45) is 0 Å². The van der Waals surface area contributed by atoms with Crippen LogP contribution in [-0.4, -0.2) is 22.7 Å². The number of carbonyl (C=O) groups excluding carboxylic acids is 2. The van der Waals surface area contributed by atoms with E-state index in [4.69, 9.17) is 4.74 Å². The van der Waals surface area contributed by atoms with E-state index >= 15 is 0 Å². The number of hydrogen-bond donors (Lipinski definition) is 0. The number of ether oxygens (including phenoxy) is 1. The normalized spacial score (nSPS) is 15.8. The minimum atomic E-state index is -0.244. The Morgan fingerprint density at radius 2 is 1.73 bits per heavy atom. The predicted octanol–water partition coefficient (Wildman–Crippen LogP) is 5.02. The molecule has 26 heavy (non-hydrogen) atoms. The second-order valence-electron chi connectivity index (χ2n) is 6.17. The van der Waals surface area contributed by atoms with E-state index in [-0.39, 0.29) is 11.1 Å². The minimum absolute atomic E-state index is 0.232. The van der Waals surface area contributed by atoms with Crippen molar-refractivity contribution in [2.75, 3.05) is 6.61 Å². The Balaban J connectivity index is 1.71. The number of carbonyl (C=O) groups is 2. The van der Waals surface area contributed by atoms with Crippen molar-refractivity contribution in [3.05, 3.63) is 70.1 Å². The summed E-state index contributed by atoms with van der Waals surface area (Å²) in [6.45, 7) is 5.04. The lowest BCUT2D eigenvalue weighted by Gasteiger charge is -2.12. The van der Waals surface area contributed by atoms with Gasteiger partial charge in [0.25, 0.3) is 11.1 Å². The number of amides is 2. The summed E-state index contributed by atoms with van der Waals surface area (Å²) in [7, 11) is 0. The summed E-state index contributed by atoms with van der Waals surface area (Å²) in [5, 5.41) is -0.232. The maximum absolute atomic E-state index is 12.6. The molecule has 2 aromatic carbocycles.